The highest BCUT2D eigenvalue weighted by molar-refractivity contribution is 5.94. The predicted molar refractivity (Wildman–Crippen MR) is 69.7 cm³/mol. The van der Waals surface area contributed by atoms with Crippen molar-refractivity contribution in [1.29, 1.82) is 0 Å². The SMILES string of the molecule is CCN(CCC(=O)O)C(=O)c1cc(C)c(F)c(C)c1. The summed E-state index contributed by atoms with van der Waals surface area (Å²) >= 11 is 0. The van der Waals surface area contributed by atoms with Gasteiger partial charge >= 0.3 is 5.97 Å². The Labute approximate surface area is 111 Å². The molecule has 0 heterocycles. The minimum atomic E-state index is -0.947. The third-order valence-electron chi connectivity index (χ3n) is 2.95. The van der Waals surface area contributed by atoms with E-state index in [1.54, 1.807) is 20.8 Å². The van der Waals surface area contributed by atoms with E-state index in [1.165, 1.54) is 17.0 Å². The fourth-order valence-corrected chi connectivity index (χ4v) is 1.89. The Morgan fingerprint density at radius 2 is 1.79 bits per heavy atom. The molecule has 1 rings (SSSR count). The fourth-order valence-electron chi connectivity index (χ4n) is 1.89. The highest BCUT2D eigenvalue weighted by Gasteiger charge is 2.17. The average molecular weight is 267 g/mol. The number of rotatable bonds is 5. The highest BCUT2D eigenvalue weighted by atomic mass is 19.1. The van der Waals surface area contributed by atoms with E-state index in [1.807, 2.05) is 0 Å². The zero-order chi connectivity index (χ0) is 14.6. The second-order valence-corrected chi connectivity index (χ2v) is 4.45. The van der Waals surface area contributed by atoms with Gasteiger partial charge in [-0.15, -0.1) is 0 Å². The Morgan fingerprint density at radius 1 is 1.26 bits per heavy atom. The van der Waals surface area contributed by atoms with Crippen LogP contribution in [0.4, 0.5) is 4.39 Å². The third-order valence-corrected chi connectivity index (χ3v) is 2.95. The number of carbonyl (C=O) groups is 2. The Bertz CT molecular complexity index is 476. The van der Waals surface area contributed by atoms with Crippen LogP contribution in [-0.4, -0.2) is 35.0 Å². The Balaban J connectivity index is 2.94. The first-order chi connectivity index (χ1) is 8.86. The van der Waals surface area contributed by atoms with Gasteiger partial charge in [0.05, 0.1) is 6.42 Å². The summed E-state index contributed by atoms with van der Waals surface area (Å²) in [5, 5.41) is 8.65. The summed E-state index contributed by atoms with van der Waals surface area (Å²) in [6, 6.07) is 2.99. The molecule has 0 aliphatic heterocycles. The van der Waals surface area contributed by atoms with E-state index in [9.17, 15) is 14.0 Å². The van der Waals surface area contributed by atoms with Crippen molar-refractivity contribution in [1.82, 2.24) is 4.90 Å². The summed E-state index contributed by atoms with van der Waals surface area (Å²) in [6.07, 6.45) is -0.0985. The number of carboxylic acids is 1. The van der Waals surface area contributed by atoms with Crippen molar-refractivity contribution in [3.8, 4) is 0 Å². The zero-order valence-corrected chi connectivity index (χ0v) is 11.4. The normalized spacial score (nSPS) is 10.3. The summed E-state index contributed by atoms with van der Waals surface area (Å²) in [7, 11) is 0. The Morgan fingerprint density at radius 3 is 2.21 bits per heavy atom. The van der Waals surface area contributed by atoms with E-state index in [2.05, 4.69) is 0 Å². The smallest absolute Gasteiger partial charge is 0.305 e. The van der Waals surface area contributed by atoms with Crippen LogP contribution in [0.3, 0.4) is 0 Å². The van der Waals surface area contributed by atoms with Gasteiger partial charge in [0.15, 0.2) is 0 Å². The van der Waals surface area contributed by atoms with Gasteiger partial charge < -0.3 is 10.0 Å². The molecule has 1 aromatic carbocycles. The van der Waals surface area contributed by atoms with Gasteiger partial charge in [-0.2, -0.15) is 0 Å². The lowest BCUT2D eigenvalue weighted by Gasteiger charge is -2.20. The van der Waals surface area contributed by atoms with Gasteiger partial charge in [0.25, 0.3) is 5.91 Å². The van der Waals surface area contributed by atoms with E-state index < -0.39 is 5.97 Å². The maximum atomic E-state index is 13.5. The van der Waals surface area contributed by atoms with Crippen LogP contribution in [0.1, 0.15) is 34.8 Å². The summed E-state index contributed by atoms with van der Waals surface area (Å²) in [5.41, 5.74) is 1.22. The molecule has 0 aliphatic rings. The van der Waals surface area contributed by atoms with Gasteiger partial charge in [0.1, 0.15) is 5.82 Å². The molecular formula is C14H18FNO3. The van der Waals surface area contributed by atoms with Gasteiger partial charge in [-0.3, -0.25) is 9.59 Å². The van der Waals surface area contributed by atoms with Crippen molar-refractivity contribution >= 4 is 11.9 Å². The molecule has 0 saturated carbocycles. The van der Waals surface area contributed by atoms with Gasteiger partial charge in [-0.25, -0.2) is 4.39 Å². The molecule has 0 aliphatic carbocycles. The molecule has 1 N–H and O–H groups in total. The summed E-state index contributed by atoms with van der Waals surface area (Å²) in [5.74, 6) is -1.53. The third kappa shape index (κ3) is 3.77. The topological polar surface area (TPSA) is 57.6 Å². The van der Waals surface area contributed by atoms with Gasteiger partial charge in [0, 0.05) is 18.7 Å². The van der Waals surface area contributed by atoms with Crippen LogP contribution >= 0.6 is 0 Å². The standard InChI is InChI=1S/C14H18FNO3/c1-4-16(6-5-12(17)18)14(19)11-7-9(2)13(15)10(3)8-11/h7-8H,4-6H2,1-3H3,(H,17,18). The van der Waals surface area contributed by atoms with Crippen LogP contribution < -0.4 is 0 Å². The summed E-state index contributed by atoms with van der Waals surface area (Å²) in [6.45, 7) is 5.56. The first kappa shape index (κ1) is 15.1. The molecule has 4 nitrogen and oxygen atoms in total. The highest BCUT2D eigenvalue weighted by Crippen LogP contribution is 2.16. The van der Waals surface area contributed by atoms with E-state index in [0.29, 0.717) is 23.2 Å². The van der Waals surface area contributed by atoms with Crippen LogP contribution in [0.5, 0.6) is 0 Å². The minimum absolute atomic E-state index is 0.0985. The largest absolute Gasteiger partial charge is 0.481 e. The van der Waals surface area contributed by atoms with E-state index in [-0.39, 0.29) is 24.7 Å². The van der Waals surface area contributed by atoms with Crippen molar-refractivity contribution in [2.24, 2.45) is 0 Å². The fraction of sp³-hybridized carbons (Fsp3) is 0.429. The van der Waals surface area contributed by atoms with Crippen LogP contribution in [0, 0.1) is 19.7 Å². The molecule has 0 fully saturated rings. The number of hydrogen-bond acceptors (Lipinski definition) is 2. The Kier molecular flexibility index (Phi) is 5.03. The molecule has 0 spiro atoms. The zero-order valence-electron chi connectivity index (χ0n) is 11.4. The maximum absolute atomic E-state index is 13.5. The molecule has 0 radical (unpaired) electrons. The van der Waals surface area contributed by atoms with Gasteiger partial charge in [-0.1, -0.05) is 0 Å². The quantitative estimate of drug-likeness (QED) is 0.891. The number of amides is 1. The van der Waals surface area contributed by atoms with E-state index >= 15 is 0 Å². The molecule has 104 valence electrons. The van der Waals surface area contributed by atoms with Crippen LogP contribution in [0.15, 0.2) is 12.1 Å². The predicted octanol–water partition coefficient (Wildman–Crippen LogP) is 2.38. The molecule has 0 aromatic heterocycles. The summed E-state index contributed by atoms with van der Waals surface area (Å²) < 4.78 is 13.5. The first-order valence-electron chi connectivity index (χ1n) is 6.14. The number of halogens is 1. The van der Waals surface area contributed by atoms with Crippen molar-refractivity contribution in [2.75, 3.05) is 13.1 Å². The molecule has 19 heavy (non-hydrogen) atoms. The number of hydrogen-bond donors (Lipinski definition) is 1. The number of aliphatic carboxylic acids is 1. The maximum Gasteiger partial charge on any atom is 0.305 e. The van der Waals surface area contributed by atoms with Crippen LogP contribution in [-0.2, 0) is 4.79 Å². The molecule has 1 aromatic rings. The van der Waals surface area contributed by atoms with Crippen molar-refractivity contribution < 1.29 is 19.1 Å². The van der Waals surface area contributed by atoms with Crippen molar-refractivity contribution in [2.45, 2.75) is 27.2 Å². The van der Waals surface area contributed by atoms with Crippen molar-refractivity contribution in [3.05, 3.63) is 34.6 Å². The molecule has 0 saturated heterocycles. The second kappa shape index (κ2) is 6.31. The second-order valence-electron chi connectivity index (χ2n) is 4.45. The molecule has 1 amide bonds. The Hall–Kier alpha value is -1.91. The molecule has 5 heteroatoms. The number of carboxylic acid groups (broad SMARTS) is 1. The van der Waals surface area contributed by atoms with Crippen molar-refractivity contribution in [3.63, 3.8) is 0 Å². The number of carbonyl (C=O) groups excluding carboxylic acids is 1. The van der Waals surface area contributed by atoms with E-state index in [4.69, 9.17) is 5.11 Å². The molecule has 0 unspecified atom stereocenters. The van der Waals surface area contributed by atoms with Crippen LogP contribution in [0.25, 0.3) is 0 Å². The minimum Gasteiger partial charge on any atom is -0.481 e. The first-order valence-corrected chi connectivity index (χ1v) is 6.14. The number of benzene rings is 1. The lowest BCUT2D eigenvalue weighted by molar-refractivity contribution is -0.137. The monoisotopic (exact) mass is 267 g/mol. The van der Waals surface area contributed by atoms with E-state index in [0.717, 1.165) is 0 Å². The molecule has 0 atom stereocenters. The number of aryl methyl sites for hydroxylation is 2. The number of nitrogens with zero attached hydrogens (tertiary/aromatic N) is 1. The van der Waals surface area contributed by atoms with Gasteiger partial charge in [0.2, 0.25) is 0 Å². The average Bonchev–Trinajstić information content (AvgIpc) is 2.35. The lowest BCUT2D eigenvalue weighted by atomic mass is 10.1. The molecular weight excluding hydrogens is 249 g/mol. The van der Waals surface area contributed by atoms with Crippen LogP contribution in [0.2, 0.25) is 0 Å². The van der Waals surface area contributed by atoms with Gasteiger partial charge in [-0.05, 0) is 44.0 Å². The summed E-state index contributed by atoms with van der Waals surface area (Å²) in [4.78, 5) is 24.2. The molecule has 0 bridgehead atoms. The lowest BCUT2D eigenvalue weighted by Crippen LogP contribution is -2.33.